The van der Waals surface area contributed by atoms with Crippen LogP contribution in [-0.2, 0) is 0 Å². The number of H-pyrrole nitrogens is 1. The SMILES string of the molecule is COc1ccccc1/C=C/C=N\NC(=O)c1cc(C(C)C)[nH]n1. The molecule has 0 aliphatic heterocycles. The van der Waals surface area contributed by atoms with E-state index in [1.165, 1.54) is 6.21 Å². The molecule has 0 unspecified atom stereocenters. The van der Waals surface area contributed by atoms with Crippen molar-refractivity contribution in [2.24, 2.45) is 5.10 Å². The first kappa shape index (κ1) is 16.5. The molecule has 1 heterocycles. The lowest BCUT2D eigenvalue weighted by atomic mass is 10.1. The molecular formula is C17H20N4O2. The summed E-state index contributed by atoms with van der Waals surface area (Å²) in [6.07, 6.45) is 5.07. The van der Waals surface area contributed by atoms with Crippen LogP contribution in [0.5, 0.6) is 5.75 Å². The van der Waals surface area contributed by atoms with Crippen molar-refractivity contribution in [3.8, 4) is 5.75 Å². The van der Waals surface area contributed by atoms with Crippen LogP contribution >= 0.6 is 0 Å². The quantitative estimate of drug-likeness (QED) is 0.635. The van der Waals surface area contributed by atoms with Crippen molar-refractivity contribution in [1.29, 1.82) is 0 Å². The standard InChI is InChI=1S/C17H20N4O2/c1-12(2)14-11-15(20-19-14)17(22)21-18-10-6-8-13-7-4-5-9-16(13)23-3/h4-12H,1-3H3,(H,19,20)(H,21,22)/b8-6+,18-10-. The van der Waals surface area contributed by atoms with Crippen molar-refractivity contribution in [3.05, 3.63) is 53.4 Å². The van der Waals surface area contributed by atoms with E-state index in [9.17, 15) is 4.79 Å². The first-order valence-electron chi connectivity index (χ1n) is 7.30. The Labute approximate surface area is 135 Å². The third kappa shape index (κ3) is 4.54. The van der Waals surface area contributed by atoms with Gasteiger partial charge in [-0.2, -0.15) is 10.2 Å². The summed E-state index contributed by atoms with van der Waals surface area (Å²) < 4.78 is 5.24. The number of carbonyl (C=O) groups excluding carboxylic acids is 1. The fourth-order valence-corrected chi connectivity index (χ4v) is 1.90. The summed E-state index contributed by atoms with van der Waals surface area (Å²) >= 11 is 0. The molecule has 0 saturated carbocycles. The van der Waals surface area contributed by atoms with Crippen molar-refractivity contribution < 1.29 is 9.53 Å². The largest absolute Gasteiger partial charge is 0.496 e. The van der Waals surface area contributed by atoms with Gasteiger partial charge in [-0.05, 0) is 30.2 Å². The highest BCUT2D eigenvalue weighted by molar-refractivity contribution is 5.93. The van der Waals surface area contributed by atoms with E-state index in [4.69, 9.17) is 4.74 Å². The number of hydrogen-bond donors (Lipinski definition) is 2. The number of methoxy groups -OCH3 is 1. The summed E-state index contributed by atoms with van der Waals surface area (Å²) in [5.74, 6) is 0.713. The molecule has 1 aromatic carbocycles. The van der Waals surface area contributed by atoms with E-state index in [0.717, 1.165) is 17.0 Å². The number of aromatic amines is 1. The summed E-state index contributed by atoms with van der Waals surface area (Å²) in [5.41, 5.74) is 4.59. The van der Waals surface area contributed by atoms with E-state index in [1.807, 2.05) is 44.2 Å². The number of allylic oxidation sites excluding steroid dienone is 1. The number of carbonyl (C=O) groups is 1. The average Bonchev–Trinajstić information content (AvgIpc) is 3.05. The van der Waals surface area contributed by atoms with E-state index in [2.05, 4.69) is 20.7 Å². The Kier molecular flexibility index (Phi) is 5.68. The van der Waals surface area contributed by atoms with Crippen molar-refractivity contribution in [1.82, 2.24) is 15.6 Å². The van der Waals surface area contributed by atoms with Gasteiger partial charge in [0.25, 0.3) is 5.91 Å². The van der Waals surface area contributed by atoms with Crippen LogP contribution in [0, 0.1) is 0 Å². The Hall–Kier alpha value is -2.89. The zero-order valence-electron chi connectivity index (χ0n) is 13.4. The maximum absolute atomic E-state index is 11.9. The Morgan fingerprint density at radius 1 is 1.39 bits per heavy atom. The molecule has 0 spiro atoms. The zero-order chi connectivity index (χ0) is 16.7. The van der Waals surface area contributed by atoms with Crippen LogP contribution in [0.1, 0.15) is 41.5 Å². The van der Waals surface area contributed by atoms with Gasteiger partial charge < -0.3 is 4.74 Å². The van der Waals surface area contributed by atoms with Gasteiger partial charge in [0, 0.05) is 17.5 Å². The highest BCUT2D eigenvalue weighted by Gasteiger charge is 2.10. The number of benzene rings is 1. The Bertz CT molecular complexity index is 717. The maximum Gasteiger partial charge on any atom is 0.291 e. The highest BCUT2D eigenvalue weighted by atomic mass is 16.5. The van der Waals surface area contributed by atoms with E-state index in [0.29, 0.717) is 5.69 Å². The molecule has 120 valence electrons. The van der Waals surface area contributed by atoms with E-state index < -0.39 is 0 Å². The third-order valence-corrected chi connectivity index (χ3v) is 3.19. The fraction of sp³-hybridized carbons (Fsp3) is 0.235. The molecular weight excluding hydrogens is 292 g/mol. The fourth-order valence-electron chi connectivity index (χ4n) is 1.90. The molecule has 0 bridgehead atoms. The molecule has 0 saturated heterocycles. The van der Waals surface area contributed by atoms with Crippen molar-refractivity contribution in [3.63, 3.8) is 0 Å². The van der Waals surface area contributed by atoms with Crippen molar-refractivity contribution in [2.75, 3.05) is 7.11 Å². The summed E-state index contributed by atoms with van der Waals surface area (Å²) in [6, 6.07) is 9.35. The number of amides is 1. The highest BCUT2D eigenvalue weighted by Crippen LogP contribution is 2.18. The number of para-hydroxylation sites is 1. The molecule has 6 heteroatoms. The van der Waals surface area contributed by atoms with Gasteiger partial charge in [0.1, 0.15) is 5.75 Å². The topological polar surface area (TPSA) is 79.4 Å². The molecule has 1 amide bonds. The molecule has 0 aliphatic rings. The van der Waals surface area contributed by atoms with E-state index >= 15 is 0 Å². The van der Waals surface area contributed by atoms with Crippen LogP contribution in [0.2, 0.25) is 0 Å². The van der Waals surface area contributed by atoms with Crippen LogP contribution in [-0.4, -0.2) is 29.4 Å². The summed E-state index contributed by atoms with van der Waals surface area (Å²) in [7, 11) is 1.62. The number of rotatable bonds is 6. The molecule has 0 atom stereocenters. The lowest BCUT2D eigenvalue weighted by Gasteiger charge is -2.02. The lowest BCUT2D eigenvalue weighted by molar-refractivity contribution is 0.0950. The molecule has 0 radical (unpaired) electrons. The third-order valence-electron chi connectivity index (χ3n) is 3.19. The second-order valence-corrected chi connectivity index (χ2v) is 5.18. The smallest absolute Gasteiger partial charge is 0.291 e. The van der Waals surface area contributed by atoms with Gasteiger partial charge in [-0.25, -0.2) is 5.43 Å². The molecule has 2 rings (SSSR count). The normalized spacial score (nSPS) is 11.5. The minimum atomic E-state index is -0.352. The van der Waals surface area contributed by atoms with Gasteiger partial charge in [0.15, 0.2) is 5.69 Å². The van der Waals surface area contributed by atoms with Crippen LogP contribution in [0.15, 0.2) is 41.5 Å². The minimum absolute atomic E-state index is 0.288. The van der Waals surface area contributed by atoms with E-state index in [1.54, 1.807) is 19.3 Å². The first-order valence-corrected chi connectivity index (χ1v) is 7.30. The van der Waals surface area contributed by atoms with Gasteiger partial charge in [-0.15, -0.1) is 0 Å². The maximum atomic E-state index is 11.9. The van der Waals surface area contributed by atoms with Gasteiger partial charge in [-0.1, -0.05) is 32.0 Å². The number of nitrogens with zero attached hydrogens (tertiary/aromatic N) is 2. The lowest BCUT2D eigenvalue weighted by Crippen LogP contribution is -2.17. The summed E-state index contributed by atoms with van der Waals surface area (Å²) in [6.45, 7) is 4.05. The zero-order valence-corrected chi connectivity index (χ0v) is 13.4. The summed E-state index contributed by atoms with van der Waals surface area (Å²) in [5, 5.41) is 10.7. The predicted octanol–water partition coefficient (Wildman–Crippen LogP) is 2.97. The molecule has 0 fully saturated rings. The number of hydrazone groups is 1. The second kappa shape index (κ2) is 7.93. The molecule has 0 aliphatic carbocycles. The minimum Gasteiger partial charge on any atom is -0.496 e. The number of aromatic nitrogens is 2. The molecule has 1 aromatic heterocycles. The monoisotopic (exact) mass is 312 g/mol. The Balaban J connectivity index is 1.91. The summed E-state index contributed by atoms with van der Waals surface area (Å²) in [4.78, 5) is 11.9. The van der Waals surface area contributed by atoms with E-state index in [-0.39, 0.29) is 11.8 Å². The molecule has 23 heavy (non-hydrogen) atoms. The van der Waals surface area contributed by atoms with Gasteiger partial charge in [0.05, 0.1) is 7.11 Å². The van der Waals surface area contributed by atoms with Crippen LogP contribution in [0.4, 0.5) is 0 Å². The van der Waals surface area contributed by atoms with Crippen LogP contribution < -0.4 is 10.2 Å². The van der Waals surface area contributed by atoms with Gasteiger partial charge >= 0.3 is 0 Å². The van der Waals surface area contributed by atoms with Gasteiger partial charge in [0.2, 0.25) is 0 Å². The molecule has 2 N–H and O–H groups in total. The van der Waals surface area contributed by atoms with Crippen molar-refractivity contribution >= 4 is 18.2 Å². The second-order valence-electron chi connectivity index (χ2n) is 5.18. The Morgan fingerprint density at radius 2 is 2.17 bits per heavy atom. The predicted molar refractivity (Wildman–Crippen MR) is 90.7 cm³/mol. The average molecular weight is 312 g/mol. The van der Waals surface area contributed by atoms with Crippen molar-refractivity contribution in [2.45, 2.75) is 19.8 Å². The number of hydrogen-bond acceptors (Lipinski definition) is 4. The van der Waals surface area contributed by atoms with Crippen LogP contribution in [0.3, 0.4) is 0 Å². The first-order chi connectivity index (χ1) is 11.1. The number of ether oxygens (including phenoxy) is 1. The molecule has 2 aromatic rings. The molecule has 6 nitrogen and oxygen atoms in total. The Morgan fingerprint density at radius 3 is 2.87 bits per heavy atom. The van der Waals surface area contributed by atoms with Gasteiger partial charge in [-0.3, -0.25) is 9.89 Å². The number of nitrogens with one attached hydrogen (secondary N) is 2. The van der Waals surface area contributed by atoms with Crippen LogP contribution in [0.25, 0.3) is 6.08 Å².